The van der Waals surface area contributed by atoms with Gasteiger partial charge in [-0.15, -0.1) is 0 Å². The third-order valence-corrected chi connectivity index (χ3v) is 6.02. The summed E-state index contributed by atoms with van der Waals surface area (Å²) in [5.41, 5.74) is 0.947. The van der Waals surface area contributed by atoms with Crippen LogP contribution in [0, 0.1) is 0 Å². The van der Waals surface area contributed by atoms with Crippen LogP contribution in [-0.4, -0.2) is 29.7 Å². The van der Waals surface area contributed by atoms with E-state index in [1.165, 1.54) is 30.6 Å². The number of hydrogen-bond donors (Lipinski definition) is 1. The molecule has 27 heavy (non-hydrogen) atoms. The van der Waals surface area contributed by atoms with Crippen LogP contribution in [0.25, 0.3) is 6.08 Å². The van der Waals surface area contributed by atoms with Crippen molar-refractivity contribution in [1.82, 2.24) is 9.88 Å². The molecule has 2 aliphatic rings. The number of thiazole rings is 1. The Kier molecular flexibility index (Phi) is 5.38. The first-order valence-electron chi connectivity index (χ1n) is 9.47. The molecule has 2 aromatic rings. The Labute approximate surface area is 161 Å². The number of nitrogens with zero attached hydrogens (tertiary/aromatic N) is 2. The average molecular weight is 385 g/mol. The molecule has 1 saturated carbocycles. The Balaban J connectivity index is 1.36. The normalized spacial score (nSPS) is 17.4. The molecule has 1 fully saturated rings. The van der Waals surface area contributed by atoms with Crippen molar-refractivity contribution in [2.75, 3.05) is 13.2 Å². The van der Waals surface area contributed by atoms with E-state index in [1.54, 1.807) is 4.57 Å². The molecule has 6 nitrogen and oxygen atoms in total. The molecule has 1 aliphatic carbocycles. The zero-order chi connectivity index (χ0) is 18.6. The number of carbonyl (C=O) groups excluding carboxylic acids is 1. The van der Waals surface area contributed by atoms with E-state index in [0.29, 0.717) is 29.4 Å². The van der Waals surface area contributed by atoms with Crippen LogP contribution in [0.4, 0.5) is 0 Å². The highest BCUT2D eigenvalue weighted by Crippen LogP contribution is 2.17. The fourth-order valence-electron chi connectivity index (χ4n) is 3.55. The number of fused-ring (bicyclic) bond motifs is 1. The minimum Gasteiger partial charge on any atom is -0.484 e. The van der Waals surface area contributed by atoms with Crippen molar-refractivity contribution in [2.24, 2.45) is 4.99 Å². The van der Waals surface area contributed by atoms with Crippen LogP contribution in [0.2, 0.25) is 0 Å². The topological polar surface area (TPSA) is 72.7 Å². The Morgan fingerprint density at radius 3 is 2.78 bits per heavy atom. The van der Waals surface area contributed by atoms with Crippen LogP contribution in [0.1, 0.15) is 37.7 Å². The number of ether oxygens (including phenoxy) is 1. The Hall–Kier alpha value is -2.41. The molecule has 1 N–H and O–H groups in total. The predicted molar refractivity (Wildman–Crippen MR) is 105 cm³/mol. The lowest BCUT2D eigenvalue weighted by atomic mass is 9.95. The molecule has 0 atom stereocenters. The number of benzene rings is 1. The van der Waals surface area contributed by atoms with Crippen LogP contribution in [0.15, 0.2) is 34.1 Å². The summed E-state index contributed by atoms with van der Waals surface area (Å²) in [5, 5.41) is 3.04. The molecule has 1 aliphatic heterocycles. The molecule has 1 aromatic carbocycles. The van der Waals surface area contributed by atoms with E-state index in [-0.39, 0.29) is 18.1 Å². The standard InChI is InChI=1S/C20H23N3O3S/c24-18(22-15-4-2-1-3-5-15)13-26-16-8-6-14(7-9-16)12-17-19(25)23-11-10-21-20(23)27-17/h6-9,12,15H,1-5,10-11,13H2,(H,22,24)/b17-12+. The van der Waals surface area contributed by atoms with E-state index in [2.05, 4.69) is 10.3 Å². The summed E-state index contributed by atoms with van der Waals surface area (Å²) < 4.78 is 7.99. The Morgan fingerprint density at radius 2 is 2.04 bits per heavy atom. The quantitative estimate of drug-likeness (QED) is 0.841. The number of aromatic nitrogens is 1. The fourth-order valence-corrected chi connectivity index (χ4v) is 4.57. The lowest BCUT2D eigenvalue weighted by molar-refractivity contribution is -0.124. The highest BCUT2D eigenvalue weighted by molar-refractivity contribution is 7.07. The first-order chi connectivity index (χ1) is 13.2. The van der Waals surface area contributed by atoms with E-state index >= 15 is 0 Å². The monoisotopic (exact) mass is 385 g/mol. The van der Waals surface area contributed by atoms with E-state index in [4.69, 9.17) is 4.74 Å². The number of amides is 1. The molecular formula is C20H23N3O3S. The van der Waals surface area contributed by atoms with Crippen molar-refractivity contribution in [3.8, 4) is 5.75 Å². The van der Waals surface area contributed by atoms with Gasteiger partial charge in [-0.3, -0.25) is 19.1 Å². The molecule has 2 heterocycles. The molecule has 0 unspecified atom stereocenters. The third kappa shape index (κ3) is 4.30. The Bertz CT molecular complexity index is 985. The van der Waals surface area contributed by atoms with Gasteiger partial charge in [0, 0.05) is 12.6 Å². The summed E-state index contributed by atoms with van der Waals surface area (Å²) >= 11 is 1.42. The molecule has 7 heteroatoms. The summed E-state index contributed by atoms with van der Waals surface area (Å²) in [6, 6.07) is 7.72. The van der Waals surface area contributed by atoms with Crippen molar-refractivity contribution in [3.63, 3.8) is 0 Å². The van der Waals surface area contributed by atoms with Crippen LogP contribution < -0.4 is 24.9 Å². The molecule has 142 valence electrons. The van der Waals surface area contributed by atoms with Gasteiger partial charge < -0.3 is 10.1 Å². The molecular weight excluding hydrogens is 362 g/mol. The summed E-state index contributed by atoms with van der Waals surface area (Å²) in [5.74, 6) is 0.578. The zero-order valence-electron chi connectivity index (χ0n) is 15.1. The van der Waals surface area contributed by atoms with Crippen molar-refractivity contribution in [1.29, 1.82) is 0 Å². The highest BCUT2D eigenvalue weighted by atomic mass is 32.1. The van der Waals surface area contributed by atoms with Gasteiger partial charge in [0.05, 0.1) is 11.1 Å². The highest BCUT2D eigenvalue weighted by Gasteiger charge is 2.15. The van der Waals surface area contributed by atoms with Gasteiger partial charge >= 0.3 is 0 Å². The van der Waals surface area contributed by atoms with Crippen LogP contribution in [0.5, 0.6) is 5.75 Å². The molecule has 1 amide bonds. The summed E-state index contributed by atoms with van der Waals surface area (Å²) in [6.45, 7) is 1.40. The minimum atomic E-state index is -0.0672. The van der Waals surface area contributed by atoms with Gasteiger partial charge in [-0.2, -0.15) is 0 Å². The van der Waals surface area contributed by atoms with Gasteiger partial charge in [-0.05, 0) is 36.6 Å². The van der Waals surface area contributed by atoms with E-state index in [0.717, 1.165) is 23.2 Å². The SMILES string of the molecule is O=C(COc1ccc(/C=c2/sc3n(c2=O)CCN=3)cc1)NC1CCCCC1. The smallest absolute Gasteiger partial charge is 0.270 e. The van der Waals surface area contributed by atoms with Crippen molar-refractivity contribution < 1.29 is 9.53 Å². The maximum Gasteiger partial charge on any atom is 0.270 e. The second-order valence-corrected chi connectivity index (χ2v) is 8.00. The largest absolute Gasteiger partial charge is 0.484 e. The van der Waals surface area contributed by atoms with Gasteiger partial charge in [0.1, 0.15) is 5.75 Å². The van der Waals surface area contributed by atoms with Crippen molar-refractivity contribution >= 4 is 23.3 Å². The number of carbonyl (C=O) groups is 1. The van der Waals surface area contributed by atoms with Gasteiger partial charge in [0.25, 0.3) is 11.5 Å². The van der Waals surface area contributed by atoms with Crippen LogP contribution >= 0.6 is 11.3 Å². The molecule has 0 radical (unpaired) electrons. The summed E-state index contributed by atoms with van der Waals surface area (Å²) in [6.07, 6.45) is 7.64. The zero-order valence-corrected chi connectivity index (χ0v) is 16.0. The van der Waals surface area contributed by atoms with Gasteiger partial charge in [-0.25, -0.2) is 0 Å². The maximum absolute atomic E-state index is 12.3. The molecule has 0 spiro atoms. The van der Waals surface area contributed by atoms with Crippen molar-refractivity contribution in [2.45, 2.75) is 44.7 Å². The molecule has 4 rings (SSSR count). The van der Waals surface area contributed by atoms with E-state index in [9.17, 15) is 9.59 Å². The van der Waals surface area contributed by atoms with Crippen LogP contribution in [-0.2, 0) is 11.3 Å². The van der Waals surface area contributed by atoms with Gasteiger partial charge in [0.15, 0.2) is 11.4 Å². The van der Waals surface area contributed by atoms with Gasteiger partial charge in [0.2, 0.25) is 0 Å². The van der Waals surface area contributed by atoms with E-state index < -0.39 is 0 Å². The first-order valence-corrected chi connectivity index (χ1v) is 10.3. The lowest BCUT2D eigenvalue weighted by Gasteiger charge is -2.22. The number of rotatable bonds is 5. The first kappa shape index (κ1) is 18.0. The fraction of sp³-hybridized carbons (Fsp3) is 0.450. The Morgan fingerprint density at radius 1 is 1.26 bits per heavy atom. The van der Waals surface area contributed by atoms with Crippen molar-refractivity contribution in [3.05, 3.63) is 49.5 Å². The lowest BCUT2D eigenvalue weighted by Crippen LogP contribution is -2.38. The number of nitrogens with one attached hydrogen (secondary N) is 1. The molecule has 1 aromatic heterocycles. The van der Waals surface area contributed by atoms with Crippen LogP contribution in [0.3, 0.4) is 0 Å². The van der Waals surface area contributed by atoms with E-state index in [1.807, 2.05) is 30.3 Å². The summed E-state index contributed by atoms with van der Waals surface area (Å²) in [7, 11) is 0. The molecule has 0 bridgehead atoms. The summed E-state index contributed by atoms with van der Waals surface area (Å²) in [4.78, 5) is 29.4. The average Bonchev–Trinajstić information content (AvgIpc) is 3.25. The molecule has 0 saturated heterocycles. The minimum absolute atomic E-state index is 0.0240. The number of hydrogen-bond acceptors (Lipinski definition) is 5. The van der Waals surface area contributed by atoms with Gasteiger partial charge in [-0.1, -0.05) is 42.7 Å². The second kappa shape index (κ2) is 8.08. The second-order valence-electron chi connectivity index (χ2n) is 6.99. The predicted octanol–water partition coefficient (Wildman–Crippen LogP) is 1.20. The third-order valence-electron chi connectivity index (χ3n) is 4.98. The maximum atomic E-state index is 12.3.